The lowest BCUT2D eigenvalue weighted by atomic mass is 10.1. The molecule has 0 radical (unpaired) electrons. The Bertz CT molecular complexity index is 326. The maximum absolute atomic E-state index is 13.5. The molecule has 0 aliphatic rings. The standard InChI is InChI=1S/C13H20FNO/c1-4-16-13-11(6-5-7-12(13)14)9-15-8-10(2)3/h5-7,10,15H,4,8-9H2,1-3H3. The summed E-state index contributed by atoms with van der Waals surface area (Å²) < 4.78 is 18.8. The fourth-order valence-corrected chi connectivity index (χ4v) is 1.49. The molecule has 1 aromatic carbocycles. The SMILES string of the molecule is CCOc1c(F)cccc1CNCC(C)C. The summed E-state index contributed by atoms with van der Waals surface area (Å²) in [4.78, 5) is 0. The average Bonchev–Trinajstić information content (AvgIpc) is 2.22. The third-order valence-electron chi connectivity index (χ3n) is 2.21. The quantitative estimate of drug-likeness (QED) is 0.803. The lowest BCUT2D eigenvalue weighted by molar-refractivity contribution is 0.316. The molecule has 0 spiro atoms. The molecule has 0 fully saturated rings. The third kappa shape index (κ3) is 3.81. The number of hydrogen-bond donors (Lipinski definition) is 1. The molecule has 0 unspecified atom stereocenters. The predicted molar refractivity (Wildman–Crippen MR) is 64.1 cm³/mol. The maximum atomic E-state index is 13.5. The fraction of sp³-hybridized carbons (Fsp3) is 0.538. The lowest BCUT2D eigenvalue weighted by Crippen LogP contribution is -2.19. The van der Waals surface area contributed by atoms with E-state index in [1.165, 1.54) is 6.07 Å². The molecular weight excluding hydrogens is 205 g/mol. The molecule has 0 aromatic heterocycles. The van der Waals surface area contributed by atoms with Crippen LogP contribution in [0.2, 0.25) is 0 Å². The molecule has 0 saturated heterocycles. The van der Waals surface area contributed by atoms with Crippen molar-refractivity contribution in [3.05, 3.63) is 29.6 Å². The predicted octanol–water partition coefficient (Wildman–Crippen LogP) is 2.97. The Labute approximate surface area is 96.8 Å². The molecule has 90 valence electrons. The van der Waals surface area contributed by atoms with Gasteiger partial charge in [-0.25, -0.2) is 4.39 Å². The number of hydrogen-bond acceptors (Lipinski definition) is 2. The molecule has 2 nitrogen and oxygen atoms in total. The van der Waals surface area contributed by atoms with Gasteiger partial charge in [-0.15, -0.1) is 0 Å². The van der Waals surface area contributed by atoms with Gasteiger partial charge in [-0.3, -0.25) is 0 Å². The highest BCUT2D eigenvalue weighted by molar-refractivity contribution is 5.34. The van der Waals surface area contributed by atoms with Gasteiger partial charge in [0, 0.05) is 12.1 Å². The smallest absolute Gasteiger partial charge is 0.165 e. The van der Waals surface area contributed by atoms with Crippen LogP contribution in [0.4, 0.5) is 4.39 Å². The van der Waals surface area contributed by atoms with Crippen LogP contribution in [0.1, 0.15) is 26.3 Å². The minimum Gasteiger partial charge on any atom is -0.490 e. The Morgan fingerprint density at radius 3 is 2.75 bits per heavy atom. The normalized spacial score (nSPS) is 10.8. The second-order valence-corrected chi connectivity index (χ2v) is 4.19. The van der Waals surface area contributed by atoms with Crippen molar-refractivity contribution in [2.45, 2.75) is 27.3 Å². The van der Waals surface area contributed by atoms with Crippen molar-refractivity contribution in [3.8, 4) is 5.75 Å². The molecule has 1 N–H and O–H groups in total. The molecule has 0 heterocycles. The summed E-state index contributed by atoms with van der Waals surface area (Å²) in [5, 5.41) is 3.28. The lowest BCUT2D eigenvalue weighted by Gasteiger charge is -2.12. The highest BCUT2D eigenvalue weighted by atomic mass is 19.1. The van der Waals surface area contributed by atoms with Gasteiger partial charge >= 0.3 is 0 Å². The van der Waals surface area contributed by atoms with Gasteiger partial charge in [-0.05, 0) is 25.5 Å². The minimum absolute atomic E-state index is 0.286. The molecule has 0 atom stereocenters. The van der Waals surface area contributed by atoms with E-state index < -0.39 is 0 Å². The van der Waals surface area contributed by atoms with Crippen LogP contribution in [-0.2, 0) is 6.54 Å². The Kier molecular flexibility index (Phi) is 5.26. The number of para-hydroxylation sites is 1. The van der Waals surface area contributed by atoms with Crippen LogP contribution in [0.5, 0.6) is 5.75 Å². The molecule has 0 aliphatic carbocycles. The van der Waals surface area contributed by atoms with E-state index in [0.29, 0.717) is 24.8 Å². The summed E-state index contributed by atoms with van der Waals surface area (Å²) in [6.45, 7) is 8.19. The first-order chi connectivity index (χ1) is 7.65. The van der Waals surface area contributed by atoms with E-state index >= 15 is 0 Å². The molecule has 0 amide bonds. The van der Waals surface area contributed by atoms with Crippen molar-refractivity contribution in [3.63, 3.8) is 0 Å². The number of rotatable bonds is 6. The van der Waals surface area contributed by atoms with Crippen LogP contribution in [0.15, 0.2) is 18.2 Å². The average molecular weight is 225 g/mol. The number of nitrogens with one attached hydrogen (secondary N) is 1. The zero-order chi connectivity index (χ0) is 12.0. The number of benzene rings is 1. The molecule has 1 rings (SSSR count). The van der Waals surface area contributed by atoms with Gasteiger partial charge in [0.15, 0.2) is 11.6 Å². The van der Waals surface area contributed by atoms with Gasteiger partial charge in [0.25, 0.3) is 0 Å². The van der Waals surface area contributed by atoms with Crippen LogP contribution < -0.4 is 10.1 Å². The van der Waals surface area contributed by atoms with E-state index in [1.807, 2.05) is 13.0 Å². The van der Waals surface area contributed by atoms with E-state index in [4.69, 9.17) is 4.74 Å². The van der Waals surface area contributed by atoms with E-state index in [2.05, 4.69) is 19.2 Å². The Morgan fingerprint density at radius 2 is 2.12 bits per heavy atom. The van der Waals surface area contributed by atoms with Crippen molar-refractivity contribution in [1.29, 1.82) is 0 Å². The van der Waals surface area contributed by atoms with E-state index in [-0.39, 0.29) is 5.82 Å². The van der Waals surface area contributed by atoms with Crippen molar-refractivity contribution in [2.75, 3.05) is 13.2 Å². The summed E-state index contributed by atoms with van der Waals surface area (Å²) >= 11 is 0. The van der Waals surface area contributed by atoms with Crippen molar-refractivity contribution >= 4 is 0 Å². The summed E-state index contributed by atoms with van der Waals surface area (Å²) in [6.07, 6.45) is 0. The molecule has 1 aromatic rings. The van der Waals surface area contributed by atoms with E-state index in [1.54, 1.807) is 6.07 Å². The maximum Gasteiger partial charge on any atom is 0.165 e. The van der Waals surface area contributed by atoms with Crippen LogP contribution >= 0.6 is 0 Å². The summed E-state index contributed by atoms with van der Waals surface area (Å²) in [7, 11) is 0. The number of ether oxygens (including phenoxy) is 1. The van der Waals surface area contributed by atoms with Crippen LogP contribution in [0.25, 0.3) is 0 Å². The highest BCUT2D eigenvalue weighted by Crippen LogP contribution is 2.22. The summed E-state index contributed by atoms with van der Waals surface area (Å²) in [5.41, 5.74) is 0.877. The first-order valence-corrected chi connectivity index (χ1v) is 5.76. The van der Waals surface area contributed by atoms with Gasteiger partial charge in [-0.1, -0.05) is 26.0 Å². The highest BCUT2D eigenvalue weighted by Gasteiger charge is 2.08. The largest absolute Gasteiger partial charge is 0.490 e. The van der Waals surface area contributed by atoms with Crippen LogP contribution in [0.3, 0.4) is 0 Å². The molecular formula is C13H20FNO. The second kappa shape index (κ2) is 6.48. The van der Waals surface area contributed by atoms with Crippen molar-refractivity contribution < 1.29 is 9.13 Å². The fourth-order valence-electron chi connectivity index (χ4n) is 1.49. The first-order valence-electron chi connectivity index (χ1n) is 5.76. The van der Waals surface area contributed by atoms with Gasteiger partial charge in [-0.2, -0.15) is 0 Å². The van der Waals surface area contributed by atoms with E-state index in [9.17, 15) is 4.39 Å². The molecule has 3 heteroatoms. The minimum atomic E-state index is -0.286. The van der Waals surface area contributed by atoms with Crippen LogP contribution in [-0.4, -0.2) is 13.2 Å². The van der Waals surface area contributed by atoms with Gasteiger partial charge in [0.1, 0.15) is 0 Å². The second-order valence-electron chi connectivity index (χ2n) is 4.19. The number of halogens is 1. The summed E-state index contributed by atoms with van der Waals surface area (Å²) in [5.74, 6) is 0.677. The Hall–Kier alpha value is -1.09. The molecule has 0 bridgehead atoms. The van der Waals surface area contributed by atoms with Gasteiger partial charge < -0.3 is 10.1 Å². The van der Waals surface area contributed by atoms with Crippen LogP contribution in [0, 0.1) is 11.7 Å². The summed E-state index contributed by atoms with van der Waals surface area (Å²) in [6, 6.07) is 5.03. The molecule has 0 saturated carbocycles. The monoisotopic (exact) mass is 225 g/mol. The van der Waals surface area contributed by atoms with Gasteiger partial charge in [0.2, 0.25) is 0 Å². The Morgan fingerprint density at radius 1 is 1.38 bits per heavy atom. The third-order valence-corrected chi connectivity index (χ3v) is 2.21. The topological polar surface area (TPSA) is 21.3 Å². The zero-order valence-corrected chi connectivity index (χ0v) is 10.2. The van der Waals surface area contributed by atoms with Crippen molar-refractivity contribution in [1.82, 2.24) is 5.32 Å². The Balaban J connectivity index is 2.66. The van der Waals surface area contributed by atoms with E-state index in [0.717, 1.165) is 12.1 Å². The molecule has 16 heavy (non-hydrogen) atoms. The zero-order valence-electron chi connectivity index (χ0n) is 10.2. The van der Waals surface area contributed by atoms with Gasteiger partial charge in [0.05, 0.1) is 6.61 Å². The van der Waals surface area contributed by atoms with Crippen molar-refractivity contribution in [2.24, 2.45) is 5.92 Å². The molecule has 0 aliphatic heterocycles. The first kappa shape index (κ1) is 13.0.